The highest BCUT2D eigenvalue weighted by Crippen LogP contribution is 2.33. The van der Waals surface area contributed by atoms with E-state index in [1.165, 1.54) is 18.7 Å². The largest absolute Gasteiger partial charge is 0.465 e. The lowest BCUT2D eigenvalue weighted by Gasteiger charge is -2.18. The van der Waals surface area contributed by atoms with Gasteiger partial charge in [0.1, 0.15) is 15.9 Å². The van der Waals surface area contributed by atoms with Gasteiger partial charge in [-0.3, -0.25) is 4.79 Å². The Balaban J connectivity index is 2.15. The van der Waals surface area contributed by atoms with E-state index in [4.69, 9.17) is 4.74 Å². The maximum atomic E-state index is 12.2. The van der Waals surface area contributed by atoms with Crippen molar-refractivity contribution in [2.45, 2.75) is 33.1 Å². The van der Waals surface area contributed by atoms with E-state index in [0.717, 1.165) is 16.9 Å². The van der Waals surface area contributed by atoms with Gasteiger partial charge in [0, 0.05) is 6.08 Å². The molecule has 140 valence electrons. The fourth-order valence-corrected chi connectivity index (χ4v) is 3.52. The third kappa shape index (κ3) is 4.83. The summed E-state index contributed by atoms with van der Waals surface area (Å²) in [5.74, 6) is -0.895. The van der Waals surface area contributed by atoms with Crippen LogP contribution in [0, 0.1) is 18.3 Å². The van der Waals surface area contributed by atoms with E-state index in [0.29, 0.717) is 15.4 Å². The lowest BCUT2D eigenvalue weighted by Crippen LogP contribution is -2.10. The van der Waals surface area contributed by atoms with Crippen molar-refractivity contribution in [1.82, 2.24) is 0 Å². The van der Waals surface area contributed by atoms with Crippen molar-refractivity contribution in [3.05, 3.63) is 57.5 Å². The lowest BCUT2D eigenvalue weighted by molar-refractivity contribution is -0.111. The second-order valence-corrected chi connectivity index (χ2v) is 8.08. The average molecular weight is 382 g/mol. The maximum absolute atomic E-state index is 12.2. The summed E-state index contributed by atoms with van der Waals surface area (Å²) in [6, 6.07) is 10.0. The number of carbonyl (C=O) groups excluding carboxylic acids is 2. The van der Waals surface area contributed by atoms with Gasteiger partial charge < -0.3 is 10.1 Å². The van der Waals surface area contributed by atoms with Crippen LogP contribution in [0.3, 0.4) is 0 Å². The number of ether oxygens (including phenoxy) is 1. The van der Waals surface area contributed by atoms with E-state index in [1.54, 1.807) is 13.0 Å². The zero-order valence-electron chi connectivity index (χ0n) is 16.0. The molecule has 2 aromatic rings. The second kappa shape index (κ2) is 8.19. The van der Waals surface area contributed by atoms with Crippen molar-refractivity contribution in [3.8, 4) is 6.07 Å². The zero-order valence-corrected chi connectivity index (χ0v) is 16.9. The number of anilines is 1. The van der Waals surface area contributed by atoms with Gasteiger partial charge >= 0.3 is 5.97 Å². The van der Waals surface area contributed by atoms with Crippen LogP contribution in [0.1, 0.15) is 52.7 Å². The topological polar surface area (TPSA) is 79.2 Å². The minimum Gasteiger partial charge on any atom is -0.465 e. The van der Waals surface area contributed by atoms with E-state index < -0.39 is 5.97 Å². The Morgan fingerprint density at radius 3 is 2.37 bits per heavy atom. The van der Waals surface area contributed by atoms with Crippen LogP contribution in [0.2, 0.25) is 0 Å². The number of hydrogen-bond donors (Lipinski definition) is 1. The van der Waals surface area contributed by atoms with E-state index in [1.807, 2.05) is 30.3 Å². The van der Waals surface area contributed by atoms with Gasteiger partial charge in [0.25, 0.3) is 0 Å². The summed E-state index contributed by atoms with van der Waals surface area (Å²) < 4.78 is 4.71. The molecule has 2 rings (SSSR count). The first kappa shape index (κ1) is 20.4. The van der Waals surface area contributed by atoms with Gasteiger partial charge in [-0.15, -0.1) is 11.3 Å². The van der Waals surface area contributed by atoms with Crippen LogP contribution in [0.25, 0.3) is 6.08 Å². The first-order valence-corrected chi connectivity index (χ1v) is 9.20. The summed E-state index contributed by atoms with van der Waals surface area (Å²) in [5, 5.41) is 12.3. The molecule has 5 nitrogen and oxygen atoms in total. The molecule has 1 amide bonds. The molecule has 1 aromatic heterocycles. The zero-order chi connectivity index (χ0) is 20.2. The number of hydrogen-bond acceptors (Lipinski definition) is 5. The fraction of sp³-hybridized carbons (Fsp3) is 0.286. The van der Waals surface area contributed by atoms with Crippen LogP contribution in [-0.4, -0.2) is 19.0 Å². The van der Waals surface area contributed by atoms with E-state index in [2.05, 4.69) is 26.1 Å². The fourth-order valence-electron chi connectivity index (χ4n) is 2.44. The molecule has 0 aliphatic carbocycles. The van der Waals surface area contributed by atoms with Crippen LogP contribution in [-0.2, 0) is 14.9 Å². The molecule has 1 heterocycles. The molecule has 0 fully saturated rings. The van der Waals surface area contributed by atoms with Crippen LogP contribution in [0.4, 0.5) is 5.00 Å². The Kier molecular flexibility index (Phi) is 6.19. The highest BCUT2D eigenvalue weighted by molar-refractivity contribution is 7.18. The number of benzene rings is 1. The summed E-state index contributed by atoms with van der Waals surface area (Å²) in [6.45, 7) is 8.08. The van der Waals surface area contributed by atoms with Gasteiger partial charge in [0.2, 0.25) is 5.91 Å². The monoisotopic (exact) mass is 382 g/mol. The molecule has 0 saturated carbocycles. The smallest absolute Gasteiger partial charge is 0.348 e. The summed E-state index contributed by atoms with van der Waals surface area (Å²) in [4.78, 5) is 24.3. The standard InChI is InChI=1S/C21H22N2O3S/c1-13-16(12-22)19(27-18(13)20(25)26-5)23-17(24)11-8-14-6-9-15(10-7-14)21(2,3)4/h6-11H,1-5H3,(H,23,24). The van der Waals surface area contributed by atoms with E-state index in [-0.39, 0.29) is 16.9 Å². The lowest BCUT2D eigenvalue weighted by atomic mass is 9.87. The van der Waals surface area contributed by atoms with Crippen LogP contribution in [0.5, 0.6) is 0 Å². The highest BCUT2D eigenvalue weighted by atomic mass is 32.1. The Morgan fingerprint density at radius 1 is 1.22 bits per heavy atom. The minimum absolute atomic E-state index is 0.0711. The quantitative estimate of drug-likeness (QED) is 0.616. The van der Waals surface area contributed by atoms with Crippen molar-refractivity contribution >= 4 is 34.3 Å². The van der Waals surface area contributed by atoms with Crippen LogP contribution >= 0.6 is 11.3 Å². The molecular formula is C21H22N2O3S. The van der Waals surface area contributed by atoms with Crippen molar-refractivity contribution < 1.29 is 14.3 Å². The van der Waals surface area contributed by atoms with Gasteiger partial charge in [-0.05, 0) is 35.1 Å². The number of nitrogens with one attached hydrogen (secondary N) is 1. The molecule has 1 N–H and O–H groups in total. The van der Waals surface area contributed by atoms with Gasteiger partial charge in [-0.25, -0.2) is 4.79 Å². The van der Waals surface area contributed by atoms with Crippen molar-refractivity contribution in [2.24, 2.45) is 0 Å². The number of rotatable bonds is 4. The number of amides is 1. The Hall–Kier alpha value is -2.91. The van der Waals surface area contributed by atoms with Gasteiger partial charge in [0.05, 0.1) is 12.7 Å². The van der Waals surface area contributed by atoms with Gasteiger partial charge in [0.15, 0.2) is 0 Å². The van der Waals surface area contributed by atoms with Crippen LogP contribution in [0.15, 0.2) is 30.3 Å². The number of nitrogens with zero attached hydrogens (tertiary/aromatic N) is 1. The second-order valence-electron chi connectivity index (χ2n) is 7.06. The summed E-state index contributed by atoms with van der Waals surface area (Å²) >= 11 is 1.04. The molecular weight excluding hydrogens is 360 g/mol. The third-order valence-corrected chi connectivity index (χ3v) is 5.26. The van der Waals surface area contributed by atoms with Crippen LogP contribution < -0.4 is 5.32 Å². The third-order valence-electron chi connectivity index (χ3n) is 4.07. The minimum atomic E-state index is -0.524. The molecule has 0 spiro atoms. The molecule has 0 atom stereocenters. The Bertz CT molecular complexity index is 926. The van der Waals surface area contributed by atoms with Crippen molar-refractivity contribution in [1.29, 1.82) is 5.26 Å². The van der Waals surface area contributed by atoms with E-state index in [9.17, 15) is 14.9 Å². The number of carbonyl (C=O) groups is 2. The molecule has 0 bridgehead atoms. The number of thiophene rings is 1. The molecule has 0 aliphatic heterocycles. The average Bonchev–Trinajstić information content (AvgIpc) is 2.94. The number of nitriles is 1. The predicted octanol–water partition coefficient (Wildman–Crippen LogP) is 4.66. The summed E-state index contributed by atoms with van der Waals surface area (Å²) in [6.07, 6.45) is 3.11. The molecule has 1 aromatic carbocycles. The summed E-state index contributed by atoms with van der Waals surface area (Å²) in [7, 11) is 1.28. The molecule has 0 unspecified atom stereocenters. The number of esters is 1. The predicted molar refractivity (Wildman–Crippen MR) is 108 cm³/mol. The first-order valence-electron chi connectivity index (χ1n) is 8.38. The van der Waals surface area contributed by atoms with Crippen molar-refractivity contribution in [3.63, 3.8) is 0 Å². The Labute approximate surface area is 163 Å². The highest BCUT2D eigenvalue weighted by Gasteiger charge is 2.21. The first-order chi connectivity index (χ1) is 12.7. The van der Waals surface area contributed by atoms with Crippen molar-refractivity contribution in [2.75, 3.05) is 12.4 Å². The normalized spacial score (nSPS) is 11.3. The van der Waals surface area contributed by atoms with Gasteiger partial charge in [-0.1, -0.05) is 45.0 Å². The molecule has 6 heteroatoms. The summed E-state index contributed by atoms with van der Waals surface area (Å²) in [5.41, 5.74) is 2.97. The molecule has 0 radical (unpaired) electrons. The number of methoxy groups -OCH3 is 1. The molecule has 0 aliphatic rings. The maximum Gasteiger partial charge on any atom is 0.348 e. The Morgan fingerprint density at radius 2 is 1.85 bits per heavy atom. The SMILES string of the molecule is COC(=O)c1sc(NC(=O)C=Cc2ccc(C(C)(C)C)cc2)c(C#N)c1C. The molecule has 27 heavy (non-hydrogen) atoms. The molecule has 0 saturated heterocycles. The van der Waals surface area contributed by atoms with Gasteiger partial charge in [-0.2, -0.15) is 5.26 Å². The van der Waals surface area contributed by atoms with E-state index >= 15 is 0 Å².